The molecule has 0 aliphatic rings. The van der Waals surface area contributed by atoms with Crippen LogP contribution in [0.5, 0.6) is 0 Å². The highest BCUT2D eigenvalue weighted by Gasteiger charge is 2.10. The van der Waals surface area contributed by atoms with Crippen molar-refractivity contribution in [3.05, 3.63) is 34.4 Å². The molecule has 0 radical (unpaired) electrons. The van der Waals surface area contributed by atoms with Crippen LogP contribution in [0.2, 0.25) is 0 Å². The Balaban J connectivity index is 2.50. The molecule has 0 bridgehead atoms. The smallest absolute Gasteiger partial charge is 0.269 e. The summed E-state index contributed by atoms with van der Waals surface area (Å²) in [4.78, 5) is 23.8. The van der Waals surface area contributed by atoms with Gasteiger partial charge in [0.15, 0.2) is 0 Å². The Morgan fingerprint density at radius 2 is 2.05 bits per heavy atom. The lowest BCUT2D eigenvalue weighted by Gasteiger charge is -2.19. The van der Waals surface area contributed by atoms with Crippen LogP contribution in [0.25, 0.3) is 0 Å². The van der Waals surface area contributed by atoms with Crippen LogP contribution in [0.4, 0.5) is 11.4 Å². The van der Waals surface area contributed by atoms with Crippen LogP contribution in [0.3, 0.4) is 0 Å². The molecule has 7 heteroatoms. The Kier molecular flexibility index (Phi) is 6.61. The van der Waals surface area contributed by atoms with E-state index in [2.05, 4.69) is 5.32 Å². The number of rotatable bonds is 8. The minimum absolute atomic E-state index is 0.00159. The number of anilines is 1. The maximum absolute atomic E-state index is 11.8. The second kappa shape index (κ2) is 8.23. The molecular weight excluding hydrogens is 262 g/mol. The molecule has 7 nitrogen and oxygen atoms in total. The summed E-state index contributed by atoms with van der Waals surface area (Å²) in [6.07, 6.45) is 0. The first-order valence-electron chi connectivity index (χ1n) is 6.32. The lowest BCUT2D eigenvalue weighted by atomic mass is 10.3. The molecule has 20 heavy (non-hydrogen) atoms. The standard InChI is InChI=1S/C13H19N3O4/c1-3-15(8-9-20-2)10-13(17)14-11-4-6-12(7-5-11)16(18)19/h4-7H,3,8-10H2,1-2H3,(H,14,17). The van der Waals surface area contributed by atoms with E-state index < -0.39 is 4.92 Å². The van der Waals surface area contributed by atoms with Crippen LogP contribution in [-0.2, 0) is 9.53 Å². The van der Waals surface area contributed by atoms with Gasteiger partial charge in [0.05, 0.1) is 18.1 Å². The first kappa shape index (κ1) is 16.1. The Bertz CT molecular complexity index is 447. The van der Waals surface area contributed by atoms with E-state index in [9.17, 15) is 14.9 Å². The van der Waals surface area contributed by atoms with Gasteiger partial charge in [-0.15, -0.1) is 0 Å². The maximum atomic E-state index is 11.8. The number of carbonyl (C=O) groups excluding carboxylic acids is 1. The molecule has 0 heterocycles. The van der Waals surface area contributed by atoms with E-state index in [1.165, 1.54) is 24.3 Å². The van der Waals surface area contributed by atoms with Crippen LogP contribution in [-0.4, -0.2) is 49.1 Å². The van der Waals surface area contributed by atoms with Gasteiger partial charge < -0.3 is 10.1 Å². The second-order valence-corrected chi connectivity index (χ2v) is 4.21. The maximum Gasteiger partial charge on any atom is 0.269 e. The minimum atomic E-state index is -0.477. The van der Waals surface area contributed by atoms with Crippen molar-refractivity contribution in [3.63, 3.8) is 0 Å². The number of nitro benzene ring substituents is 1. The Labute approximate surface area is 117 Å². The molecule has 1 rings (SSSR count). The summed E-state index contributed by atoms with van der Waals surface area (Å²) in [6, 6.07) is 5.75. The molecule has 0 aliphatic carbocycles. The van der Waals surface area contributed by atoms with Crippen molar-refractivity contribution in [2.75, 3.05) is 38.7 Å². The van der Waals surface area contributed by atoms with Crippen LogP contribution in [0.15, 0.2) is 24.3 Å². The summed E-state index contributed by atoms with van der Waals surface area (Å²) in [5.74, 6) is -0.156. The first-order chi connectivity index (χ1) is 9.56. The highest BCUT2D eigenvalue weighted by Crippen LogP contribution is 2.15. The topological polar surface area (TPSA) is 84.7 Å². The Morgan fingerprint density at radius 1 is 1.40 bits per heavy atom. The number of hydrogen-bond acceptors (Lipinski definition) is 5. The fraction of sp³-hybridized carbons (Fsp3) is 0.462. The van der Waals surface area contributed by atoms with Crippen molar-refractivity contribution in [2.24, 2.45) is 0 Å². The van der Waals surface area contributed by atoms with Gasteiger partial charge >= 0.3 is 0 Å². The second-order valence-electron chi connectivity index (χ2n) is 4.21. The predicted molar refractivity (Wildman–Crippen MR) is 75.7 cm³/mol. The van der Waals surface area contributed by atoms with E-state index in [1.54, 1.807) is 7.11 Å². The molecule has 0 fully saturated rings. The molecule has 110 valence electrons. The SMILES string of the molecule is CCN(CCOC)CC(=O)Nc1ccc([N+](=O)[O-])cc1. The number of hydrogen-bond donors (Lipinski definition) is 1. The zero-order valence-corrected chi connectivity index (χ0v) is 11.7. The van der Waals surface area contributed by atoms with Gasteiger partial charge in [0.1, 0.15) is 0 Å². The summed E-state index contributed by atoms with van der Waals surface area (Å²) >= 11 is 0. The zero-order chi connectivity index (χ0) is 15.0. The number of ether oxygens (including phenoxy) is 1. The van der Waals surface area contributed by atoms with Gasteiger partial charge in [-0.05, 0) is 18.7 Å². The highest BCUT2D eigenvalue weighted by molar-refractivity contribution is 5.92. The van der Waals surface area contributed by atoms with Gasteiger partial charge in [0.2, 0.25) is 5.91 Å². The number of nitrogens with zero attached hydrogens (tertiary/aromatic N) is 2. The summed E-state index contributed by atoms with van der Waals surface area (Å²) in [7, 11) is 1.62. The summed E-state index contributed by atoms with van der Waals surface area (Å²) in [5.41, 5.74) is 0.543. The third kappa shape index (κ3) is 5.33. The molecule has 1 aromatic rings. The molecule has 0 atom stereocenters. The molecule has 0 spiro atoms. The Morgan fingerprint density at radius 3 is 2.55 bits per heavy atom. The molecule has 0 aliphatic heterocycles. The number of non-ortho nitro benzene ring substituents is 1. The van der Waals surface area contributed by atoms with E-state index in [0.29, 0.717) is 18.8 Å². The van der Waals surface area contributed by atoms with Crippen molar-refractivity contribution < 1.29 is 14.5 Å². The van der Waals surface area contributed by atoms with Crippen molar-refractivity contribution in [2.45, 2.75) is 6.92 Å². The number of benzene rings is 1. The van der Waals surface area contributed by atoms with Gasteiger partial charge in [-0.3, -0.25) is 19.8 Å². The number of likely N-dealkylation sites (N-methyl/N-ethyl adjacent to an activating group) is 1. The Hall–Kier alpha value is -1.99. The van der Waals surface area contributed by atoms with Gasteiger partial charge in [0.25, 0.3) is 5.69 Å². The van der Waals surface area contributed by atoms with Crippen LogP contribution < -0.4 is 5.32 Å². The van der Waals surface area contributed by atoms with Crippen LogP contribution >= 0.6 is 0 Å². The normalized spacial score (nSPS) is 10.6. The molecule has 1 amide bonds. The third-order valence-corrected chi connectivity index (χ3v) is 2.79. The largest absolute Gasteiger partial charge is 0.383 e. The summed E-state index contributed by atoms with van der Waals surface area (Å²) in [6.45, 7) is 4.22. The average Bonchev–Trinajstić information content (AvgIpc) is 2.43. The van der Waals surface area contributed by atoms with E-state index in [1.807, 2.05) is 11.8 Å². The van der Waals surface area contributed by atoms with Crippen molar-refractivity contribution in [3.8, 4) is 0 Å². The predicted octanol–water partition coefficient (Wildman–Crippen LogP) is 1.50. The number of nitro groups is 1. The molecule has 0 saturated heterocycles. The number of nitrogens with one attached hydrogen (secondary N) is 1. The molecular formula is C13H19N3O4. The fourth-order valence-electron chi connectivity index (χ4n) is 1.64. The average molecular weight is 281 g/mol. The van der Waals surface area contributed by atoms with Gasteiger partial charge in [0, 0.05) is 31.5 Å². The highest BCUT2D eigenvalue weighted by atomic mass is 16.6. The third-order valence-electron chi connectivity index (χ3n) is 2.79. The molecule has 1 aromatic carbocycles. The van der Waals surface area contributed by atoms with E-state index in [-0.39, 0.29) is 18.1 Å². The van der Waals surface area contributed by atoms with Gasteiger partial charge in [-0.2, -0.15) is 0 Å². The van der Waals surface area contributed by atoms with Crippen LogP contribution in [0, 0.1) is 10.1 Å². The van der Waals surface area contributed by atoms with Gasteiger partial charge in [-0.25, -0.2) is 0 Å². The number of carbonyl (C=O) groups is 1. The summed E-state index contributed by atoms with van der Waals surface area (Å²) in [5, 5.41) is 13.2. The van der Waals surface area contributed by atoms with E-state index >= 15 is 0 Å². The zero-order valence-electron chi connectivity index (χ0n) is 11.7. The van der Waals surface area contributed by atoms with Gasteiger partial charge in [-0.1, -0.05) is 6.92 Å². The lowest BCUT2D eigenvalue weighted by Crippen LogP contribution is -2.35. The van der Waals surface area contributed by atoms with Crippen molar-refractivity contribution >= 4 is 17.3 Å². The molecule has 0 aromatic heterocycles. The van der Waals surface area contributed by atoms with Crippen molar-refractivity contribution in [1.82, 2.24) is 4.90 Å². The first-order valence-corrected chi connectivity index (χ1v) is 6.32. The quantitative estimate of drug-likeness (QED) is 0.576. The number of methoxy groups -OCH3 is 1. The van der Waals surface area contributed by atoms with Crippen molar-refractivity contribution in [1.29, 1.82) is 0 Å². The molecule has 0 saturated carbocycles. The molecule has 1 N–H and O–H groups in total. The molecule has 0 unspecified atom stereocenters. The van der Waals surface area contributed by atoms with Crippen LogP contribution in [0.1, 0.15) is 6.92 Å². The fourth-order valence-corrected chi connectivity index (χ4v) is 1.64. The lowest BCUT2D eigenvalue weighted by molar-refractivity contribution is -0.384. The number of amides is 1. The van der Waals surface area contributed by atoms with E-state index in [0.717, 1.165) is 6.54 Å². The summed E-state index contributed by atoms with van der Waals surface area (Å²) < 4.78 is 4.97. The minimum Gasteiger partial charge on any atom is -0.383 e. The monoisotopic (exact) mass is 281 g/mol. The van der Waals surface area contributed by atoms with E-state index in [4.69, 9.17) is 4.74 Å².